The summed E-state index contributed by atoms with van der Waals surface area (Å²) in [5, 5.41) is 8.55. The number of carbonyl (C=O) groups is 1. The minimum Gasteiger partial charge on any atom is -0.481 e. The Balaban J connectivity index is 3.73. The fourth-order valence-electron chi connectivity index (χ4n) is 1.29. The van der Waals surface area contributed by atoms with Crippen LogP contribution in [0.15, 0.2) is 0 Å². The van der Waals surface area contributed by atoms with Gasteiger partial charge in [0, 0.05) is 6.42 Å². The number of ether oxygens (including phenoxy) is 1. The standard InChI is InChI=1S/C9H18FNO3/c1-7(14-3-2-10)4-8(6-11)5-9(12)13/h7-8H,2-6,11H2,1H3,(H,12,13)/t7?,8-/m0/s1. The van der Waals surface area contributed by atoms with E-state index in [1.807, 2.05) is 0 Å². The highest BCUT2D eigenvalue weighted by atomic mass is 19.1. The van der Waals surface area contributed by atoms with Crippen molar-refractivity contribution in [3.8, 4) is 0 Å². The zero-order chi connectivity index (χ0) is 11.0. The van der Waals surface area contributed by atoms with Crippen LogP contribution in [-0.4, -0.2) is 37.0 Å². The van der Waals surface area contributed by atoms with Gasteiger partial charge in [-0.1, -0.05) is 0 Å². The molecule has 0 aliphatic heterocycles. The van der Waals surface area contributed by atoms with Crippen LogP contribution in [0.2, 0.25) is 0 Å². The van der Waals surface area contributed by atoms with Gasteiger partial charge in [-0.25, -0.2) is 4.39 Å². The van der Waals surface area contributed by atoms with E-state index in [1.54, 1.807) is 6.92 Å². The predicted octanol–water partition coefficient (Wildman–Crippen LogP) is 0.801. The van der Waals surface area contributed by atoms with Gasteiger partial charge in [0.15, 0.2) is 0 Å². The molecule has 0 radical (unpaired) electrons. The summed E-state index contributed by atoms with van der Waals surface area (Å²) in [6.45, 7) is 1.65. The maximum absolute atomic E-state index is 11.7. The number of nitrogens with two attached hydrogens (primary N) is 1. The van der Waals surface area contributed by atoms with Crippen molar-refractivity contribution >= 4 is 5.97 Å². The van der Waals surface area contributed by atoms with E-state index in [0.29, 0.717) is 13.0 Å². The molecule has 4 nitrogen and oxygen atoms in total. The average molecular weight is 207 g/mol. The van der Waals surface area contributed by atoms with E-state index >= 15 is 0 Å². The molecule has 0 saturated carbocycles. The topological polar surface area (TPSA) is 72.6 Å². The monoisotopic (exact) mass is 207 g/mol. The van der Waals surface area contributed by atoms with Crippen molar-refractivity contribution in [3.05, 3.63) is 0 Å². The SMILES string of the molecule is CC(C[C@H](CN)CC(=O)O)OCCF. The molecule has 0 aromatic carbocycles. The molecule has 0 aliphatic carbocycles. The van der Waals surface area contributed by atoms with Crippen LogP contribution in [0.25, 0.3) is 0 Å². The number of carboxylic acid groups (broad SMARTS) is 1. The molecule has 0 bridgehead atoms. The van der Waals surface area contributed by atoms with Crippen LogP contribution in [0.3, 0.4) is 0 Å². The van der Waals surface area contributed by atoms with Crippen molar-refractivity contribution in [1.82, 2.24) is 0 Å². The number of rotatable bonds is 8. The smallest absolute Gasteiger partial charge is 0.303 e. The molecular weight excluding hydrogens is 189 g/mol. The zero-order valence-electron chi connectivity index (χ0n) is 8.41. The van der Waals surface area contributed by atoms with E-state index in [9.17, 15) is 9.18 Å². The van der Waals surface area contributed by atoms with E-state index in [0.717, 1.165) is 0 Å². The summed E-state index contributed by atoms with van der Waals surface area (Å²) in [4.78, 5) is 10.4. The van der Waals surface area contributed by atoms with E-state index in [1.165, 1.54) is 0 Å². The molecule has 0 aliphatic rings. The number of aliphatic carboxylic acids is 1. The Kier molecular flexibility index (Phi) is 7.32. The summed E-state index contributed by atoms with van der Waals surface area (Å²) in [6, 6.07) is 0. The molecule has 5 heteroatoms. The lowest BCUT2D eigenvalue weighted by Gasteiger charge is -2.17. The number of halogens is 1. The second kappa shape index (κ2) is 7.70. The van der Waals surface area contributed by atoms with Crippen molar-refractivity contribution in [1.29, 1.82) is 0 Å². The minimum atomic E-state index is -0.863. The lowest BCUT2D eigenvalue weighted by atomic mass is 9.99. The van der Waals surface area contributed by atoms with Crippen LogP contribution in [0.1, 0.15) is 19.8 Å². The Bertz CT molecular complexity index is 166. The molecule has 0 amide bonds. The average Bonchev–Trinajstić information content (AvgIpc) is 2.12. The van der Waals surface area contributed by atoms with Gasteiger partial charge in [0.2, 0.25) is 0 Å². The first kappa shape index (κ1) is 13.3. The van der Waals surface area contributed by atoms with Crippen molar-refractivity contribution in [2.75, 3.05) is 19.8 Å². The van der Waals surface area contributed by atoms with E-state index < -0.39 is 12.6 Å². The van der Waals surface area contributed by atoms with E-state index in [-0.39, 0.29) is 25.0 Å². The maximum Gasteiger partial charge on any atom is 0.303 e. The van der Waals surface area contributed by atoms with Gasteiger partial charge in [-0.3, -0.25) is 4.79 Å². The second-order valence-corrected chi connectivity index (χ2v) is 3.31. The molecule has 2 atom stereocenters. The molecule has 0 rings (SSSR count). The molecule has 84 valence electrons. The first-order valence-corrected chi connectivity index (χ1v) is 4.69. The predicted molar refractivity (Wildman–Crippen MR) is 50.8 cm³/mol. The summed E-state index contributed by atoms with van der Waals surface area (Å²) < 4.78 is 16.8. The minimum absolute atomic E-state index is 0.0415. The highest BCUT2D eigenvalue weighted by Crippen LogP contribution is 2.12. The van der Waals surface area contributed by atoms with Crippen molar-refractivity contribution in [2.24, 2.45) is 11.7 Å². The largest absolute Gasteiger partial charge is 0.481 e. The van der Waals surface area contributed by atoms with E-state index in [4.69, 9.17) is 15.6 Å². The van der Waals surface area contributed by atoms with Gasteiger partial charge in [0.05, 0.1) is 12.7 Å². The third-order valence-corrected chi connectivity index (χ3v) is 1.94. The highest BCUT2D eigenvalue weighted by molar-refractivity contribution is 5.67. The van der Waals surface area contributed by atoms with Gasteiger partial charge in [0.25, 0.3) is 0 Å². The Morgan fingerprint density at radius 1 is 1.64 bits per heavy atom. The molecule has 0 aromatic heterocycles. The fourth-order valence-corrected chi connectivity index (χ4v) is 1.29. The summed E-state index contributed by atoms with van der Waals surface area (Å²) in [6.07, 6.45) is 0.460. The molecule has 0 heterocycles. The number of hydrogen-bond donors (Lipinski definition) is 2. The molecule has 1 unspecified atom stereocenters. The molecule has 0 spiro atoms. The Morgan fingerprint density at radius 2 is 2.29 bits per heavy atom. The number of alkyl halides is 1. The van der Waals surface area contributed by atoms with Gasteiger partial charge in [-0.15, -0.1) is 0 Å². The second-order valence-electron chi connectivity index (χ2n) is 3.31. The molecule has 0 saturated heterocycles. The van der Waals surface area contributed by atoms with Crippen LogP contribution in [0.5, 0.6) is 0 Å². The lowest BCUT2D eigenvalue weighted by molar-refractivity contribution is -0.138. The van der Waals surface area contributed by atoms with Gasteiger partial charge < -0.3 is 15.6 Å². The van der Waals surface area contributed by atoms with Crippen LogP contribution >= 0.6 is 0 Å². The van der Waals surface area contributed by atoms with Crippen molar-refractivity contribution in [3.63, 3.8) is 0 Å². The van der Waals surface area contributed by atoms with E-state index in [2.05, 4.69) is 0 Å². The van der Waals surface area contributed by atoms with Gasteiger partial charge >= 0.3 is 5.97 Å². The Hall–Kier alpha value is -0.680. The summed E-state index contributed by atoms with van der Waals surface area (Å²) in [7, 11) is 0. The summed E-state index contributed by atoms with van der Waals surface area (Å²) in [5.41, 5.74) is 5.41. The first-order valence-electron chi connectivity index (χ1n) is 4.69. The van der Waals surface area contributed by atoms with Crippen LogP contribution < -0.4 is 5.73 Å². The maximum atomic E-state index is 11.7. The Morgan fingerprint density at radius 3 is 2.71 bits per heavy atom. The van der Waals surface area contributed by atoms with Gasteiger partial charge in [0.1, 0.15) is 6.67 Å². The van der Waals surface area contributed by atoms with Crippen LogP contribution in [0, 0.1) is 5.92 Å². The normalized spacial score (nSPS) is 15.1. The number of hydrogen-bond acceptors (Lipinski definition) is 3. The van der Waals surface area contributed by atoms with Crippen LogP contribution in [0.4, 0.5) is 4.39 Å². The molecule has 0 fully saturated rings. The van der Waals surface area contributed by atoms with Crippen LogP contribution in [-0.2, 0) is 9.53 Å². The quantitative estimate of drug-likeness (QED) is 0.617. The highest BCUT2D eigenvalue weighted by Gasteiger charge is 2.15. The molecule has 0 aromatic rings. The lowest BCUT2D eigenvalue weighted by Crippen LogP contribution is -2.24. The van der Waals surface area contributed by atoms with Gasteiger partial charge in [-0.05, 0) is 25.8 Å². The van der Waals surface area contributed by atoms with Gasteiger partial charge in [-0.2, -0.15) is 0 Å². The van der Waals surface area contributed by atoms with Crippen molar-refractivity contribution in [2.45, 2.75) is 25.9 Å². The Labute approximate surface area is 83.2 Å². The first-order chi connectivity index (χ1) is 6.60. The number of carboxylic acids is 1. The fraction of sp³-hybridized carbons (Fsp3) is 0.889. The third-order valence-electron chi connectivity index (χ3n) is 1.94. The molecule has 14 heavy (non-hydrogen) atoms. The molecule has 3 N–H and O–H groups in total. The zero-order valence-corrected chi connectivity index (χ0v) is 8.41. The summed E-state index contributed by atoms with van der Waals surface area (Å²) in [5.74, 6) is -0.958. The summed E-state index contributed by atoms with van der Waals surface area (Å²) >= 11 is 0. The molecular formula is C9H18FNO3. The van der Waals surface area contributed by atoms with Crippen molar-refractivity contribution < 1.29 is 19.0 Å². The third kappa shape index (κ3) is 6.80.